The van der Waals surface area contributed by atoms with Crippen molar-refractivity contribution in [1.29, 1.82) is 0 Å². The number of H-pyrrole nitrogens is 1. The number of benzene rings is 5. The number of hydrogen-bond donors (Lipinski definition) is 14. The van der Waals surface area contributed by atoms with Crippen LogP contribution in [0.1, 0.15) is 60.9 Å². The lowest BCUT2D eigenvalue weighted by Gasteiger charge is -2.29. The molecule has 6 rings (SSSR count). The van der Waals surface area contributed by atoms with Crippen LogP contribution in [-0.2, 0) is 70.5 Å². The van der Waals surface area contributed by atoms with E-state index < -0.39 is 108 Å². The Balaban J connectivity index is 1.29. The van der Waals surface area contributed by atoms with Gasteiger partial charge in [-0.15, -0.1) is 0 Å². The van der Waals surface area contributed by atoms with Gasteiger partial charge >= 0.3 is 0 Å². The number of aliphatic hydroxyl groups is 2. The van der Waals surface area contributed by atoms with Gasteiger partial charge in [0.15, 0.2) is 0 Å². The zero-order chi connectivity index (χ0) is 60.0. The first-order chi connectivity index (χ1) is 39.8. The summed E-state index contributed by atoms with van der Waals surface area (Å²) in [6, 6.07) is 28.5. The Morgan fingerprint density at radius 2 is 0.855 bits per heavy atom. The number of phenols is 1. The number of nitrogens with two attached hydrogens (primary N) is 3. The second-order valence-electron chi connectivity index (χ2n) is 20.6. The summed E-state index contributed by atoms with van der Waals surface area (Å²) >= 11 is 0. The SMILES string of the molecule is C[C@@H](O)[C@H](NC(=O)[C@H](Cc1ccccc1)NC(=O)[C@@H](NC(=O)[C@H](CCCCN)NC(=O)[C@@H](Cc1c[nH]c2ccccc12)NC(=O)[C@H](Cc1ccc(O)cc1)NC(=O)[C@@H](Cc1ccccc1)NC(=O)[C@@H](N)Cc1ccccc1)[C@@H](C)O)C(N)=O. The largest absolute Gasteiger partial charge is 0.508 e. The van der Waals surface area contributed by atoms with E-state index in [2.05, 4.69) is 42.2 Å². The molecule has 83 heavy (non-hydrogen) atoms. The van der Waals surface area contributed by atoms with E-state index in [1.54, 1.807) is 85.1 Å². The number of unbranched alkanes of at least 4 members (excludes halogenated alkanes) is 1. The molecule has 0 aliphatic rings. The van der Waals surface area contributed by atoms with Crippen molar-refractivity contribution in [3.05, 3.63) is 174 Å². The molecular formula is C61H75N11O11. The van der Waals surface area contributed by atoms with E-state index in [0.29, 0.717) is 35.1 Å². The minimum atomic E-state index is -1.73. The number of carbonyl (C=O) groups is 8. The van der Waals surface area contributed by atoms with E-state index in [0.717, 1.165) is 16.5 Å². The van der Waals surface area contributed by atoms with E-state index in [4.69, 9.17) is 17.2 Å². The molecule has 0 saturated heterocycles. The van der Waals surface area contributed by atoms with Crippen molar-refractivity contribution in [2.24, 2.45) is 17.2 Å². The van der Waals surface area contributed by atoms with E-state index >= 15 is 0 Å². The Morgan fingerprint density at radius 3 is 1.35 bits per heavy atom. The number of hydrogen-bond acceptors (Lipinski definition) is 13. The molecule has 0 aliphatic heterocycles. The Kier molecular flexibility index (Phi) is 23.8. The van der Waals surface area contributed by atoms with Crippen LogP contribution < -0.4 is 54.4 Å². The first-order valence-corrected chi connectivity index (χ1v) is 27.5. The van der Waals surface area contributed by atoms with Crippen LogP contribution in [0.3, 0.4) is 0 Å². The number of aliphatic hydroxyl groups excluding tert-OH is 2. The summed E-state index contributed by atoms with van der Waals surface area (Å²) < 4.78 is 0. The predicted molar refractivity (Wildman–Crippen MR) is 311 cm³/mol. The van der Waals surface area contributed by atoms with Gasteiger partial charge in [0.25, 0.3) is 0 Å². The molecule has 0 fully saturated rings. The minimum Gasteiger partial charge on any atom is -0.508 e. The predicted octanol–water partition coefficient (Wildman–Crippen LogP) is 0.484. The number of fused-ring (bicyclic) bond motifs is 1. The Morgan fingerprint density at radius 1 is 0.458 bits per heavy atom. The van der Waals surface area contributed by atoms with Crippen LogP contribution in [0.25, 0.3) is 10.9 Å². The number of aromatic nitrogens is 1. The van der Waals surface area contributed by atoms with Gasteiger partial charge in [-0.25, -0.2) is 0 Å². The number of rotatable bonds is 31. The summed E-state index contributed by atoms with van der Waals surface area (Å²) in [4.78, 5) is 116. The molecule has 0 aliphatic carbocycles. The molecule has 8 amide bonds. The minimum absolute atomic E-state index is 0.00570. The highest BCUT2D eigenvalue weighted by molar-refractivity contribution is 5.98. The first-order valence-electron chi connectivity index (χ1n) is 27.5. The Hall–Kier alpha value is -8.96. The Labute approximate surface area is 481 Å². The van der Waals surface area contributed by atoms with Gasteiger partial charge in [0, 0.05) is 42.8 Å². The molecule has 22 heteroatoms. The van der Waals surface area contributed by atoms with Gasteiger partial charge < -0.3 is 74.7 Å². The highest BCUT2D eigenvalue weighted by Gasteiger charge is 2.36. The lowest BCUT2D eigenvalue weighted by molar-refractivity contribution is -0.137. The van der Waals surface area contributed by atoms with Gasteiger partial charge in [-0.1, -0.05) is 121 Å². The normalized spacial score (nSPS) is 14.8. The smallest absolute Gasteiger partial charge is 0.245 e. The molecule has 0 bridgehead atoms. The van der Waals surface area contributed by atoms with Crippen molar-refractivity contribution in [2.75, 3.05) is 6.54 Å². The maximum Gasteiger partial charge on any atom is 0.245 e. The van der Waals surface area contributed by atoms with Gasteiger partial charge in [-0.05, 0) is 92.1 Å². The molecule has 0 radical (unpaired) electrons. The lowest BCUT2D eigenvalue weighted by Crippen LogP contribution is -2.62. The van der Waals surface area contributed by atoms with Crippen LogP contribution in [0.2, 0.25) is 0 Å². The highest BCUT2D eigenvalue weighted by Crippen LogP contribution is 2.21. The van der Waals surface area contributed by atoms with E-state index in [-0.39, 0.29) is 50.8 Å². The number of para-hydroxylation sites is 1. The molecule has 0 saturated carbocycles. The van der Waals surface area contributed by atoms with Crippen LogP contribution in [0.15, 0.2) is 146 Å². The van der Waals surface area contributed by atoms with Gasteiger partial charge in [-0.2, -0.15) is 0 Å². The highest BCUT2D eigenvalue weighted by atomic mass is 16.3. The quantitative estimate of drug-likeness (QED) is 0.0264. The fraction of sp³-hybridized carbons (Fsp3) is 0.344. The molecule has 440 valence electrons. The zero-order valence-electron chi connectivity index (χ0n) is 46.3. The molecule has 10 atom stereocenters. The summed E-state index contributed by atoms with van der Waals surface area (Å²) in [6.07, 6.45) is -0.903. The number of aromatic amines is 1. The van der Waals surface area contributed by atoms with Crippen LogP contribution in [0, 0.1) is 0 Å². The van der Waals surface area contributed by atoms with Crippen molar-refractivity contribution < 1.29 is 53.7 Å². The maximum absolute atomic E-state index is 15.0. The fourth-order valence-corrected chi connectivity index (χ4v) is 9.35. The average Bonchev–Trinajstić information content (AvgIpc) is 3.94. The third-order valence-electron chi connectivity index (χ3n) is 13.9. The number of amides is 8. The molecule has 6 aromatic rings. The molecule has 0 spiro atoms. The Bertz CT molecular complexity index is 3110. The molecular weight excluding hydrogens is 1060 g/mol. The molecule has 1 aromatic heterocycles. The van der Waals surface area contributed by atoms with E-state index in [1.807, 2.05) is 48.5 Å². The molecule has 1 heterocycles. The van der Waals surface area contributed by atoms with Crippen molar-refractivity contribution in [3.8, 4) is 5.75 Å². The fourth-order valence-electron chi connectivity index (χ4n) is 9.35. The molecule has 17 N–H and O–H groups in total. The topological polar surface area (TPSA) is 375 Å². The van der Waals surface area contributed by atoms with Crippen LogP contribution in [-0.4, -0.2) is 135 Å². The summed E-state index contributed by atoms with van der Waals surface area (Å²) in [5, 5.41) is 50.7. The second-order valence-corrected chi connectivity index (χ2v) is 20.6. The monoisotopic (exact) mass is 1140 g/mol. The van der Waals surface area contributed by atoms with Crippen LogP contribution in [0.4, 0.5) is 0 Å². The second kappa shape index (κ2) is 31.3. The number of carbonyl (C=O) groups excluding carboxylic acids is 8. The van der Waals surface area contributed by atoms with Gasteiger partial charge in [0.1, 0.15) is 48.0 Å². The first kappa shape index (κ1) is 63.2. The van der Waals surface area contributed by atoms with Crippen molar-refractivity contribution in [2.45, 2.75) is 126 Å². The van der Waals surface area contributed by atoms with E-state index in [9.17, 15) is 53.7 Å². The zero-order valence-corrected chi connectivity index (χ0v) is 46.3. The number of nitrogens with one attached hydrogen (secondary N) is 8. The number of aromatic hydroxyl groups is 1. The summed E-state index contributed by atoms with van der Waals surface area (Å²) in [6.45, 7) is 2.70. The average molecular weight is 1140 g/mol. The van der Waals surface area contributed by atoms with Gasteiger partial charge in [-0.3, -0.25) is 38.4 Å². The maximum atomic E-state index is 15.0. The van der Waals surface area contributed by atoms with Gasteiger partial charge in [0.2, 0.25) is 47.3 Å². The third-order valence-corrected chi connectivity index (χ3v) is 13.9. The molecule has 22 nitrogen and oxygen atoms in total. The summed E-state index contributed by atoms with van der Waals surface area (Å²) in [5.41, 5.74) is 21.6. The van der Waals surface area contributed by atoms with Gasteiger partial charge in [0.05, 0.1) is 18.2 Å². The number of primary amides is 1. The van der Waals surface area contributed by atoms with Crippen molar-refractivity contribution >= 4 is 58.2 Å². The van der Waals surface area contributed by atoms with Crippen LogP contribution >= 0.6 is 0 Å². The van der Waals surface area contributed by atoms with E-state index in [1.165, 1.54) is 26.0 Å². The lowest BCUT2D eigenvalue weighted by atomic mass is 10.00. The van der Waals surface area contributed by atoms with Crippen molar-refractivity contribution in [3.63, 3.8) is 0 Å². The summed E-state index contributed by atoms with van der Waals surface area (Å²) in [5.74, 6) is -6.99. The van der Waals surface area contributed by atoms with Crippen LogP contribution in [0.5, 0.6) is 5.75 Å². The number of phenolic OH excluding ortho intramolecular Hbond substituents is 1. The molecule has 0 unspecified atom stereocenters. The standard InChI is InChI=1S/C61H75N11O11/c1-36(73)52(54(64)76)71-60(82)50(32-40-20-10-5-11-21-40)70-61(83)53(37(2)74)72-56(78)47(24-14-15-29-62)66-59(81)51(34-42-35-65-46-23-13-12-22-44(42)46)69-58(80)49(33-41-25-27-43(75)28-26-41)68-57(79)48(31-39-18-8-4-9-19-39)67-55(77)45(63)30-38-16-6-3-7-17-38/h3-13,16-23,25-28,35-37,45,47-53,65,73-75H,14-15,24,29-34,62-63H2,1-2H3,(H2,64,76)(H,66,81)(H,67,77)(H,68,79)(H,69,80)(H,70,83)(H,71,82)(H,72,78)/t36-,37-,45+,47+,48-,49+,50+,51-,52+,53+/m1/s1. The summed E-state index contributed by atoms with van der Waals surface area (Å²) in [7, 11) is 0. The third kappa shape index (κ3) is 19.3. The van der Waals surface area contributed by atoms with Crippen molar-refractivity contribution in [1.82, 2.24) is 42.2 Å². The molecule has 5 aromatic carbocycles.